The molecule has 1 aromatic rings. The van der Waals surface area contributed by atoms with Crippen LogP contribution in [0.2, 0.25) is 0 Å². The monoisotopic (exact) mass is 234 g/mol. The lowest BCUT2D eigenvalue weighted by molar-refractivity contribution is -0.147. The van der Waals surface area contributed by atoms with Gasteiger partial charge in [0.25, 0.3) is 0 Å². The smallest absolute Gasteiger partial charge is 0.386 e. The minimum absolute atomic E-state index is 0.125. The second-order valence-corrected chi connectivity index (χ2v) is 3.37. The second kappa shape index (κ2) is 5.86. The molecule has 1 atom stereocenters. The Morgan fingerprint density at radius 1 is 1.19 bits per heavy atom. The van der Waals surface area contributed by atoms with Gasteiger partial charge >= 0.3 is 6.18 Å². The highest BCUT2D eigenvalue weighted by molar-refractivity contribution is 5.17. The van der Waals surface area contributed by atoms with Crippen molar-refractivity contribution in [2.75, 3.05) is 13.2 Å². The van der Waals surface area contributed by atoms with E-state index in [0.29, 0.717) is 5.56 Å². The highest BCUT2D eigenvalue weighted by Gasteiger charge is 2.26. The molecule has 90 valence electrons. The third-order valence-electron chi connectivity index (χ3n) is 1.99. The van der Waals surface area contributed by atoms with Gasteiger partial charge in [-0.2, -0.15) is 13.2 Å². The summed E-state index contributed by atoms with van der Waals surface area (Å²) in [5, 5.41) is 9.54. The number of alkyl halides is 3. The van der Waals surface area contributed by atoms with Crippen LogP contribution >= 0.6 is 0 Å². The van der Waals surface area contributed by atoms with E-state index in [1.807, 2.05) is 0 Å². The molecule has 0 aliphatic rings. The van der Waals surface area contributed by atoms with Gasteiger partial charge in [-0.25, -0.2) is 0 Å². The number of aliphatic hydroxyl groups excluding tert-OH is 1. The third kappa shape index (κ3) is 5.14. The first-order chi connectivity index (χ1) is 7.49. The highest BCUT2D eigenvalue weighted by atomic mass is 19.4. The van der Waals surface area contributed by atoms with E-state index in [0.717, 1.165) is 0 Å². The van der Waals surface area contributed by atoms with Crippen LogP contribution in [0.15, 0.2) is 30.3 Å². The van der Waals surface area contributed by atoms with Crippen LogP contribution in [-0.4, -0.2) is 24.5 Å². The Morgan fingerprint density at radius 2 is 1.81 bits per heavy atom. The lowest BCUT2D eigenvalue weighted by Gasteiger charge is -2.12. The van der Waals surface area contributed by atoms with Gasteiger partial charge in [-0.05, 0) is 5.56 Å². The SMILES string of the molecule is OC(COCCC(F)(F)F)c1ccccc1. The Morgan fingerprint density at radius 3 is 2.38 bits per heavy atom. The zero-order chi connectivity index (χ0) is 12.0. The molecule has 0 saturated heterocycles. The third-order valence-corrected chi connectivity index (χ3v) is 1.99. The number of ether oxygens (including phenoxy) is 1. The molecule has 16 heavy (non-hydrogen) atoms. The van der Waals surface area contributed by atoms with Crippen molar-refractivity contribution in [3.05, 3.63) is 35.9 Å². The molecule has 0 bridgehead atoms. The van der Waals surface area contributed by atoms with Crippen molar-refractivity contribution in [2.24, 2.45) is 0 Å². The lowest BCUT2D eigenvalue weighted by Crippen LogP contribution is -2.14. The molecular weight excluding hydrogens is 221 g/mol. The number of hydrogen-bond donors (Lipinski definition) is 1. The van der Waals surface area contributed by atoms with Gasteiger partial charge in [-0.15, -0.1) is 0 Å². The fraction of sp³-hybridized carbons (Fsp3) is 0.455. The average molecular weight is 234 g/mol. The van der Waals surface area contributed by atoms with Crippen molar-refractivity contribution < 1.29 is 23.0 Å². The number of benzene rings is 1. The normalized spacial score (nSPS) is 13.8. The Balaban J connectivity index is 2.24. The van der Waals surface area contributed by atoms with Crippen LogP contribution in [0.3, 0.4) is 0 Å². The molecule has 0 amide bonds. The van der Waals surface area contributed by atoms with Crippen molar-refractivity contribution in [1.82, 2.24) is 0 Å². The molecule has 5 heteroatoms. The summed E-state index contributed by atoms with van der Waals surface area (Å²) in [4.78, 5) is 0. The summed E-state index contributed by atoms with van der Waals surface area (Å²) in [5.41, 5.74) is 0.634. The van der Waals surface area contributed by atoms with Crippen LogP contribution in [0.4, 0.5) is 13.2 Å². The summed E-state index contributed by atoms with van der Waals surface area (Å²) in [5.74, 6) is 0. The fourth-order valence-corrected chi connectivity index (χ4v) is 1.15. The van der Waals surface area contributed by atoms with Crippen LogP contribution in [0, 0.1) is 0 Å². The maximum atomic E-state index is 11.8. The van der Waals surface area contributed by atoms with Gasteiger partial charge in [0.05, 0.1) is 19.6 Å². The first-order valence-electron chi connectivity index (χ1n) is 4.86. The Kier molecular flexibility index (Phi) is 4.76. The first kappa shape index (κ1) is 13.0. The Bertz CT molecular complexity index is 298. The zero-order valence-electron chi connectivity index (χ0n) is 8.57. The van der Waals surface area contributed by atoms with Crippen molar-refractivity contribution in [2.45, 2.75) is 18.7 Å². The summed E-state index contributed by atoms with van der Waals surface area (Å²) >= 11 is 0. The van der Waals surface area contributed by atoms with Crippen molar-refractivity contribution >= 4 is 0 Å². The number of rotatable bonds is 5. The first-order valence-corrected chi connectivity index (χ1v) is 4.86. The lowest BCUT2D eigenvalue weighted by atomic mass is 10.1. The van der Waals surface area contributed by atoms with Gasteiger partial charge in [0.2, 0.25) is 0 Å². The molecule has 0 fully saturated rings. The van der Waals surface area contributed by atoms with Crippen molar-refractivity contribution in [3.8, 4) is 0 Å². The van der Waals surface area contributed by atoms with Gasteiger partial charge in [0, 0.05) is 0 Å². The van der Waals surface area contributed by atoms with Gasteiger partial charge in [-0.3, -0.25) is 0 Å². The van der Waals surface area contributed by atoms with Crippen LogP contribution < -0.4 is 0 Å². The molecule has 0 spiro atoms. The van der Waals surface area contributed by atoms with Crippen LogP contribution in [0.25, 0.3) is 0 Å². The molecule has 0 heterocycles. The second-order valence-electron chi connectivity index (χ2n) is 3.37. The van der Waals surface area contributed by atoms with E-state index in [9.17, 15) is 18.3 Å². The fourth-order valence-electron chi connectivity index (χ4n) is 1.15. The van der Waals surface area contributed by atoms with E-state index < -0.39 is 25.3 Å². The van der Waals surface area contributed by atoms with E-state index >= 15 is 0 Å². The Labute approximate surface area is 91.7 Å². The zero-order valence-corrected chi connectivity index (χ0v) is 8.57. The van der Waals surface area contributed by atoms with Crippen LogP contribution in [0.5, 0.6) is 0 Å². The van der Waals surface area contributed by atoms with E-state index in [-0.39, 0.29) is 6.61 Å². The summed E-state index contributed by atoms with van der Waals surface area (Å²) in [7, 11) is 0. The molecule has 0 aliphatic heterocycles. The summed E-state index contributed by atoms with van der Waals surface area (Å²) < 4.78 is 40.0. The van der Waals surface area contributed by atoms with Gasteiger partial charge in [-0.1, -0.05) is 30.3 Å². The van der Waals surface area contributed by atoms with Crippen molar-refractivity contribution in [3.63, 3.8) is 0 Å². The van der Waals surface area contributed by atoms with E-state index in [1.54, 1.807) is 30.3 Å². The molecule has 1 unspecified atom stereocenters. The van der Waals surface area contributed by atoms with Gasteiger partial charge in [0.1, 0.15) is 6.10 Å². The molecule has 1 aromatic carbocycles. The van der Waals surface area contributed by atoms with Crippen molar-refractivity contribution in [1.29, 1.82) is 0 Å². The molecule has 1 N–H and O–H groups in total. The maximum absolute atomic E-state index is 11.8. The summed E-state index contributed by atoms with van der Waals surface area (Å²) in [6.45, 7) is -0.548. The van der Waals surface area contributed by atoms with Crippen LogP contribution in [-0.2, 0) is 4.74 Å². The molecule has 0 aromatic heterocycles. The van der Waals surface area contributed by atoms with E-state index in [1.165, 1.54) is 0 Å². The predicted molar refractivity (Wildman–Crippen MR) is 52.9 cm³/mol. The average Bonchev–Trinajstić information content (AvgIpc) is 2.24. The maximum Gasteiger partial charge on any atom is 0.391 e. The quantitative estimate of drug-likeness (QED) is 0.794. The summed E-state index contributed by atoms with van der Waals surface area (Å²) in [6, 6.07) is 8.67. The molecule has 0 saturated carbocycles. The van der Waals surface area contributed by atoms with E-state index in [2.05, 4.69) is 0 Å². The minimum atomic E-state index is -4.21. The molecular formula is C11H13F3O2. The van der Waals surface area contributed by atoms with Crippen LogP contribution in [0.1, 0.15) is 18.1 Å². The predicted octanol–water partition coefficient (Wildman–Crippen LogP) is 2.69. The molecule has 2 nitrogen and oxygen atoms in total. The number of aliphatic hydroxyl groups is 1. The van der Waals surface area contributed by atoms with Gasteiger partial charge in [0.15, 0.2) is 0 Å². The minimum Gasteiger partial charge on any atom is -0.386 e. The largest absolute Gasteiger partial charge is 0.391 e. The topological polar surface area (TPSA) is 29.5 Å². The van der Waals surface area contributed by atoms with Gasteiger partial charge < -0.3 is 9.84 Å². The highest BCUT2D eigenvalue weighted by Crippen LogP contribution is 2.19. The molecule has 0 aliphatic carbocycles. The molecule has 0 radical (unpaired) electrons. The van der Waals surface area contributed by atoms with E-state index in [4.69, 9.17) is 4.74 Å². The Hall–Kier alpha value is -1.07. The number of halogens is 3. The number of hydrogen-bond acceptors (Lipinski definition) is 2. The molecule has 1 rings (SSSR count). The summed E-state index contributed by atoms with van der Waals surface area (Å²) in [6.07, 6.45) is -6.08. The standard InChI is InChI=1S/C11H13F3O2/c12-11(13,14)6-7-16-8-10(15)9-4-2-1-3-5-9/h1-5,10,15H,6-8H2.